The van der Waals surface area contributed by atoms with Crippen LogP contribution in [0.2, 0.25) is 0 Å². The monoisotopic (exact) mass is 324 g/mol. The fourth-order valence-electron chi connectivity index (χ4n) is 2.63. The zero-order valence-corrected chi connectivity index (χ0v) is 14.2. The highest BCUT2D eigenvalue weighted by Gasteiger charge is 2.14. The smallest absolute Gasteiger partial charge is 0.253 e. The molecule has 1 heterocycles. The van der Waals surface area contributed by atoms with E-state index in [0.717, 1.165) is 27.9 Å². The molecule has 0 fully saturated rings. The van der Waals surface area contributed by atoms with E-state index in [0.29, 0.717) is 6.54 Å². The molecule has 0 radical (unpaired) electrons. The Morgan fingerprint density at radius 3 is 2.61 bits per heavy atom. The number of rotatable bonds is 5. The molecule has 0 bridgehead atoms. The lowest BCUT2D eigenvalue weighted by molar-refractivity contribution is 0.0957. The van der Waals surface area contributed by atoms with Gasteiger partial charge >= 0.3 is 0 Å². The third kappa shape index (κ3) is 3.59. The van der Waals surface area contributed by atoms with Crippen molar-refractivity contribution in [3.05, 3.63) is 65.4 Å². The van der Waals surface area contributed by atoms with Gasteiger partial charge in [0.1, 0.15) is 0 Å². The van der Waals surface area contributed by atoms with Crippen LogP contribution in [0.1, 0.15) is 21.6 Å². The van der Waals surface area contributed by atoms with Gasteiger partial charge in [-0.2, -0.15) is 0 Å². The molecular weight excluding hydrogens is 304 g/mol. The molecule has 118 valence electrons. The van der Waals surface area contributed by atoms with Crippen molar-refractivity contribution in [2.24, 2.45) is 0 Å². The van der Waals surface area contributed by atoms with Gasteiger partial charge in [-0.15, -0.1) is 11.8 Å². The first-order valence-electron chi connectivity index (χ1n) is 7.70. The Morgan fingerprint density at radius 2 is 1.83 bits per heavy atom. The molecule has 3 aromatic rings. The number of amides is 1. The third-order valence-corrected chi connectivity index (χ3v) is 4.81. The van der Waals surface area contributed by atoms with Crippen molar-refractivity contribution in [2.75, 3.05) is 12.3 Å². The van der Waals surface area contributed by atoms with Gasteiger partial charge in [0, 0.05) is 33.8 Å². The van der Waals surface area contributed by atoms with Crippen molar-refractivity contribution in [1.82, 2.24) is 10.3 Å². The summed E-state index contributed by atoms with van der Waals surface area (Å²) >= 11 is 1.75. The second-order valence-corrected chi connectivity index (χ2v) is 6.76. The zero-order chi connectivity index (χ0) is 16.2. The topological polar surface area (TPSA) is 44.9 Å². The molecular formula is C19H20N2OS. The molecule has 1 aromatic heterocycles. The summed E-state index contributed by atoms with van der Waals surface area (Å²) in [5.41, 5.74) is 3.93. The van der Waals surface area contributed by atoms with Crippen molar-refractivity contribution < 1.29 is 4.79 Å². The van der Waals surface area contributed by atoms with Gasteiger partial charge in [-0.25, -0.2) is 0 Å². The minimum atomic E-state index is -0.00976. The summed E-state index contributed by atoms with van der Waals surface area (Å²) in [6.45, 7) is 4.67. The number of para-hydroxylation sites is 1. The van der Waals surface area contributed by atoms with E-state index in [-0.39, 0.29) is 5.91 Å². The molecule has 23 heavy (non-hydrogen) atoms. The largest absolute Gasteiger partial charge is 0.358 e. The Hall–Kier alpha value is -2.20. The number of H-pyrrole nitrogens is 1. The van der Waals surface area contributed by atoms with Gasteiger partial charge in [-0.3, -0.25) is 4.79 Å². The molecule has 4 heteroatoms. The molecule has 0 saturated heterocycles. The first kappa shape index (κ1) is 15.7. The third-order valence-electron chi connectivity index (χ3n) is 3.80. The quantitative estimate of drug-likeness (QED) is 0.543. The van der Waals surface area contributed by atoms with Gasteiger partial charge < -0.3 is 10.3 Å². The van der Waals surface area contributed by atoms with Gasteiger partial charge in [0.15, 0.2) is 0 Å². The Bertz CT molecular complexity index is 821. The van der Waals surface area contributed by atoms with Crippen LogP contribution in [-0.4, -0.2) is 23.2 Å². The molecule has 0 aliphatic rings. The zero-order valence-electron chi connectivity index (χ0n) is 13.3. The van der Waals surface area contributed by atoms with Crippen LogP contribution in [0.3, 0.4) is 0 Å². The lowest BCUT2D eigenvalue weighted by atomic mass is 10.1. The minimum Gasteiger partial charge on any atom is -0.358 e. The lowest BCUT2D eigenvalue weighted by Crippen LogP contribution is -2.26. The summed E-state index contributed by atoms with van der Waals surface area (Å²) < 4.78 is 0. The van der Waals surface area contributed by atoms with Crippen LogP contribution < -0.4 is 5.32 Å². The first-order chi connectivity index (χ1) is 11.1. The van der Waals surface area contributed by atoms with E-state index in [1.54, 1.807) is 11.8 Å². The number of benzene rings is 2. The molecule has 3 rings (SSSR count). The highest BCUT2D eigenvalue weighted by molar-refractivity contribution is 7.99. The van der Waals surface area contributed by atoms with E-state index in [4.69, 9.17) is 0 Å². The van der Waals surface area contributed by atoms with Crippen LogP contribution in [0.4, 0.5) is 0 Å². The highest BCUT2D eigenvalue weighted by Crippen LogP contribution is 2.22. The summed E-state index contributed by atoms with van der Waals surface area (Å²) in [7, 11) is 0. The first-order valence-corrected chi connectivity index (χ1v) is 8.68. The number of nitrogens with one attached hydrogen (secondary N) is 2. The molecule has 0 atom stereocenters. The van der Waals surface area contributed by atoms with Crippen LogP contribution in [0.25, 0.3) is 10.9 Å². The maximum Gasteiger partial charge on any atom is 0.253 e. The summed E-state index contributed by atoms with van der Waals surface area (Å²) in [6, 6.07) is 16.3. The molecule has 0 aliphatic carbocycles. The lowest BCUT2D eigenvalue weighted by Gasteiger charge is -2.06. The molecule has 0 spiro atoms. The van der Waals surface area contributed by atoms with E-state index in [1.807, 2.05) is 31.2 Å². The molecule has 2 N–H and O–H groups in total. The normalized spacial score (nSPS) is 10.9. The molecule has 1 amide bonds. The van der Waals surface area contributed by atoms with Gasteiger partial charge in [0.05, 0.1) is 5.56 Å². The van der Waals surface area contributed by atoms with E-state index in [2.05, 4.69) is 41.5 Å². The number of aryl methyl sites for hydroxylation is 2. The molecule has 0 saturated carbocycles. The van der Waals surface area contributed by atoms with Crippen LogP contribution in [-0.2, 0) is 0 Å². The average Bonchev–Trinajstić information content (AvgIpc) is 2.89. The van der Waals surface area contributed by atoms with E-state index in [1.165, 1.54) is 10.5 Å². The van der Waals surface area contributed by atoms with Crippen molar-refractivity contribution in [2.45, 2.75) is 18.7 Å². The van der Waals surface area contributed by atoms with Crippen molar-refractivity contribution in [1.29, 1.82) is 0 Å². The number of aromatic amines is 1. The van der Waals surface area contributed by atoms with E-state index >= 15 is 0 Å². The number of fused-ring (bicyclic) bond motifs is 1. The maximum absolute atomic E-state index is 12.5. The summed E-state index contributed by atoms with van der Waals surface area (Å²) in [6.07, 6.45) is 0. The fraction of sp³-hybridized carbons (Fsp3) is 0.211. The minimum absolute atomic E-state index is 0.00976. The Morgan fingerprint density at radius 1 is 1.09 bits per heavy atom. The van der Waals surface area contributed by atoms with Gasteiger partial charge in [-0.1, -0.05) is 35.9 Å². The van der Waals surface area contributed by atoms with E-state index < -0.39 is 0 Å². The highest BCUT2D eigenvalue weighted by atomic mass is 32.2. The second kappa shape index (κ2) is 6.92. The Balaban J connectivity index is 1.58. The van der Waals surface area contributed by atoms with Crippen molar-refractivity contribution >= 4 is 28.6 Å². The van der Waals surface area contributed by atoms with Gasteiger partial charge in [0.25, 0.3) is 5.91 Å². The molecule has 0 aliphatic heterocycles. The van der Waals surface area contributed by atoms with Gasteiger partial charge in [-0.05, 0) is 32.0 Å². The standard InChI is InChI=1S/C19H20N2OS/c1-13-7-9-15(10-8-13)23-12-11-20-19(22)18-14(2)21-17-6-4-3-5-16(17)18/h3-10,21H,11-12H2,1-2H3,(H,20,22). The SMILES string of the molecule is Cc1ccc(SCCNC(=O)c2c(C)[nH]c3ccccc23)cc1. The maximum atomic E-state index is 12.5. The summed E-state index contributed by atoms with van der Waals surface area (Å²) in [5.74, 6) is 0.848. The van der Waals surface area contributed by atoms with Crippen LogP contribution in [0.5, 0.6) is 0 Å². The van der Waals surface area contributed by atoms with E-state index in [9.17, 15) is 4.79 Å². The number of aromatic nitrogens is 1. The summed E-state index contributed by atoms with van der Waals surface area (Å²) in [5, 5.41) is 4.00. The van der Waals surface area contributed by atoms with Gasteiger partial charge in [0.2, 0.25) is 0 Å². The Labute approximate surface area is 140 Å². The number of carbonyl (C=O) groups is 1. The van der Waals surface area contributed by atoms with Crippen molar-refractivity contribution in [3.63, 3.8) is 0 Å². The number of hydrogen-bond donors (Lipinski definition) is 2. The number of thioether (sulfide) groups is 1. The molecule has 2 aromatic carbocycles. The Kier molecular flexibility index (Phi) is 4.72. The van der Waals surface area contributed by atoms with Crippen molar-refractivity contribution in [3.8, 4) is 0 Å². The average molecular weight is 324 g/mol. The predicted molar refractivity (Wildman–Crippen MR) is 97.3 cm³/mol. The molecule has 3 nitrogen and oxygen atoms in total. The fourth-order valence-corrected chi connectivity index (χ4v) is 3.39. The van der Waals surface area contributed by atoms with Crippen LogP contribution >= 0.6 is 11.8 Å². The number of hydrogen-bond acceptors (Lipinski definition) is 2. The second-order valence-electron chi connectivity index (χ2n) is 5.59. The summed E-state index contributed by atoms with van der Waals surface area (Å²) in [4.78, 5) is 16.9. The predicted octanol–water partition coefficient (Wildman–Crippen LogP) is 4.31. The molecule has 0 unspecified atom stereocenters. The van der Waals surface area contributed by atoms with Crippen LogP contribution in [0.15, 0.2) is 53.4 Å². The number of carbonyl (C=O) groups excluding carboxylic acids is 1. The van der Waals surface area contributed by atoms with Crippen LogP contribution in [0, 0.1) is 13.8 Å².